The van der Waals surface area contributed by atoms with Gasteiger partial charge in [-0.2, -0.15) is 0 Å². The summed E-state index contributed by atoms with van der Waals surface area (Å²) in [6.45, 7) is 7.91. The van der Waals surface area contributed by atoms with E-state index in [9.17, 15) is 23.2 Å². The number of likely N-dealkylation sites (N-methyl/N-ethyl adjacent to an activating group) is 1. The molecule has 0 bridgehead atoms. The van der Waals surface area contributed by atoms with Gasteiger partial charge < -0.3 is 19.7 Å². The number of benzene rings is 2. The second kappa shape index (κ2) is 11.7. The summed E-state index contributed by atoms with van der Waals surface area (Å²) < 4.78 is 37.2. The van der Waals surface area contributed by atoms with Gasteiger partial charge in [0.2, 0.25) is 5.91 Å². The molecule has 0 saturated carbocycles. The van der Waals surface area contributed by atoms with Gasteiger partial charge in [0.05, 0.1) is 5.69 Å². The van der Waals surface area contributed by atoms with E-state index >= 15 is 0 Å². The van der Waals surface area contributed by atoms with Crippen molar-refractivity contribution in [2.75, 3.05) is 44.3 Å². The number of carbonyl (C=O) groups excluding carboxylic acids is 3. The zero-order valence-electron chi connectivity index (χ0n) is 20.0. The van der Waals surface area contributed by atoms with Gasteiger partial charge >= 0.3 is 0 Å². The Balaban J connectivity index is 1.71. The Morgan fingerprint density at radius 3 is 2.57 bits per heavy atom. The number of amides is 2. The minimum absolute atomic E-state index is 0.00496. The van der Waals surface area contributed by atoms with Crippen molar-refractivity contribution in [3.8, 4) is 11.5 Å². The van der Waals surface area contributed by atoms with Crippen LogP contribution in [0.1, 0.15) is 31.1 Å². The average molecular weight is 490 g/mol. The van der Waals surface area contributed by atoms with Gasteiger partial charge in [-0.15, -0.1) is 0 Å². The maximum Gasteiger partial charge on any atom is 0.265 e. The van der Waals surface area contributed by atoms with Crippen LogP contribution < -0.4 is 19.7 Å². The van der Waals surface area contributed by atoms with Crippen LogP contribution in [0.4, 0.5) is 14.5 Å². The Morgan fingerprint density at radius 2 is 1.89 bits per heavy atom. The number of halogens is 2. The number of carbonyl (C=O) groups is 3. The van der Waals surface area contributed by atoms with Crippen molar-refractivity contribution in [1.82, 2.24) is 10.2 Å². The van der Waals surface area contributed by atoms with Crippen molar-refractivity contribution >= 4 is 23.3 Å². The van der Waals surface area contributed by atoms with Crippen molar-refractivity contribution in [1.29, 1.82) is 0 Å². The molecule has 0 unspecified atom stereocenters. The number of nitrogens with one attached hydrogen (secondary N) is 1. The van der Waals surface area contributed by atoms with Crippen LogP contribution in [0, 0.1) is 11.6 Å². The predicted octanol–water partition coefficient (Wildman–Crippen LogP) is 2.80. The highest BCUT2D eigenvalue weighted by Crippen LogP contribution is 2.34. The average Bonchev–Trinajstić information content (AvgIpc) is 2.86. The Morgan fingerprint density at radius 1 is 1.14 bits per heavy atom. The number of Topliss-reactive ketones (excluding diaryl/α,β-unsaturated/α-hetero) is 1. The molecule has 2 amide bonds. The molecule has 0 radical (unpaired) electrons. The molecule has 1 heterocycles. The Kier molecular flexibility index (Phi) is 8.75. The fourth-order valence-corrected chi connectivity index (χ4v) is 3.71. The van der Waals surface area contributed by atoms with E-state index < -0.39 is 36.0 Å². The number of hydrogen-bond acceptors (Lipinski definition) is 6. The highest BCUT2D eigenvalue weighted by atomic mass is 19.2. The number of fused-ring (bicyclic) bond motifs is 1. The molecule has 1 aliphatic rings. The lowest BCUT2D eigenvalue weighted by Gasteiger charge is -2.33. The number of anilines is 1. The fraction of sp³-hybridized carbons (Fsp3) is 0.400. The van der Waals surface area contributed by atoms with E-state index in [2.05, 4.69) is 10.2 Å². The van der Waals surface area contributed by atoms with E-state index in [4.69, 9.17) is 9.47 Å². The summed E-state index contributed by atoms with van der Waals surface area (Å²) in [4.78, 5) is 41.6. The van der Waals surface area contributed by atoms with E-state index in [0.717, 1.165) is 25.2 Å². The lowest BCUT2D eigenvalue weighted by atomic mass is 10.1. The quantitative estimate of drug-likeness (QED) is 0.489. The van der Waals surface area contributed by atoms with E-state index in [-0.39, 0.29) is 23.8 Å². The van der Waals surface area contributed by atoms with Gasteiger partial charge in [-0.1, -0.05) is 13.8 Å². The van der Waals surface area contributed by atoms with Crippen molar-refractivity contribution < 1.29 is 32.6 Å². The zero-order valence-corrected chi connectivity index (χ0v) is 20.0. The second-order valence-corrected chi connectivity index (χ2v) is 8.02. The summed E-state index contributed by atoms with van der Waals surface area (Å²) in [6, 6.07) is 6.66. The summed E-state index contributed by atoms with van der Waals surface area (Å²) in [5.74, 6) is -2.92. The molecule has 3 rings (SSSR count). The zero-order chi connectivity index (χ0) is 25.5. The molecule has 0 fully saturated rings. The van der Waals surface area contributed by atoms with Gasteiger partial charge in [0.25, 0.3) is 5.91 Å². The smallest absolute Gasteiger partial charge is 0.265 e. The lowest BCUT2D eigenvalue weighted by Crippen LogP contribution is -2.52. The van der Waals surface area contributed by atoms with Crippen LogP contribution >= 0.6 is 0 Å². The molecular formula is C25H29F2N3O5. The molecule has 0 spiro atoms. The molecule has 0 aromatic heterocycles. The molecule has 1 atom stereocenters. The normalized spacial score (nSPS) is 13.8. The summed E-state index contributed by atoms with van der Waals surface area (Å²) in [5.41, 5.74) is 0.509. The number of ketones is 1. The first-order valence-electron chi connectivity index (χ1n) is 11.4. The van der Waals surface area contributed by atoms with Crippen LogP contribution in [0.15, 0.2) is 36.4 Å². The largest absolute Gasteiger partial charge is 0.485 e. The van der Waals surface area contributed by atoms with Crippen LogP contribution in [0.25, 0.3) is 0 Å². The van der Waals surface area contributed by atoms with Crippen molar-refractivity contribution in [2.45, 2.75) is 26.8 Å². The maximum atomic E-state index is 13.4. The fourth-order valence-electron chi connectivity index (χ4n) is 3.71. The Hall–Kier alpha value is -3.53. The molecule has 0 saturated heterocycles. The molecular weight excluding hydrogens is 460 g/mol. The first kappa shape index (κ1) is 26.1. The highest BCUT2D eigenvalue weighted by Gasteiger charge is 2.33. The Labute approximate surface area is 202 Å². The minimum atomic E-state index is -1.08. The predicted molar refractivity (Wildman–Crippen MR) is 126 cm³/mol. The van der Waals surface area contributed by atoms with Crippen LogP contribution in [0.5, 0.6) is 11.5 Å². The lowest BCUT2D eigenvalue weighted by molar-refractivity contribution is -0.127. The number of rotatable bonds is 11. The van der Waals surface area contributed by atoms with Crippen molar-refractivity contribution in [3.05, 3.63) is 53.6 Å². The molecule has 35 heavy (non-hydrogen) atoms. The second-order valence-electron chi connectivity index (χ2n) is 8.02. The molecule has 2 aromatic carbocycles. The van der Waals surface area contributed by atoms with Crippen LogP contribution in [-0.4, -0.2) is 67.9 Å². The van der Waals surface area contributed by atoms with Gasteiger partial charge in [-0.25, -0.2) is 8.78 Å². The third-order valence-corrected chi connectivity index (χ3v) is 5.81. The topological polar surface area (TPSA) is 88.2 Å². The van der Waals surface area contributed by atoms with E-state index in [1.54, 1.807) is 13.0 Å². The monoisotopic (exact) mass is 489 g/mol. The van der Waals surface area contributed by atoms with Crippen LogP contribution in [0.3, 0.4) is 0 Å². The van der Waals surface area contributed by atoms with Crippen LogP contribution in [0.2, 0.25) is 0 Å². The minimum Gasteiger partial charge on any atom is -0.485 e. The first-order chi connectivity index (χ1) is 16.7. The summed E-state index contributed by atoms with van der Waals surface area (Å²) in [7, 11) is 0. The summed E-state index contributed by atoms with van der Waals surface area (Å²) in [6.07, 6.45) is 0. The molecule has 8 nitrogen and oxygen atoms in total. The van der Waals surface area contributed by atoms with Gasteiger partial charge in [-0.05, 0) is 50.3 Å². The molecule has 188 valence electrons. The first-order valence-corrected chi connectivity index (χ1v) is 11.4. The number of hydrogen-bond donors (Lipinski definition) is 1. The third kappa shape index (κ3) is 6.33. The van der Waals surface area contributed by atoms with Crippen molar-refractivity contribution in [2.24, 2.45) is 0 Å². The highest BCUT2D eigenvalue weighted by molar-refractivity contribution is 6.05. The van der Waals surface area contributed by atoms with Gasteiger partial charge in [0, 0.05) is 24.7 Å². The molecule has 2 aromatic rings. The number of ether oxygens (including phenoxy) is 2. The maximum absolute atomic E-state index is 13.4. The Bertz CT molecular complexity index is 1090. The number of nitrogens with zero attached hydrogens (tertiary/aromatic N) is 2. The van der Waals surface area contributed by atoms with E-state index in [0.29, 0.717) is 24.5 Å². The molecule has 1 N–H and O–H groups in total. The standard InChI is InChI=1S/C25H29F2N3O5/c1-4-29(5-2)11-10-28-25(33)16(3)30-21-12-17(6-9-23(21)35-15-24(30)32)22(31)14-34-18-7-8-19(26)20(27)13-18/h6-9,12-13,16H,4-5,10-11,14-15H2,1-3H3,(H,28,33)/t16-/m1/s1. The van der Waals surface area contributed by atoms with E-state index in [1.807, 2.05) is 13.8 Å². The van der Waals surface area contributed by atoms with Gasteiger partial charge in [0.15, 0.2) is 30.6 Å². The van der Waals surface area contributed by atoms with Gasteiger partial charge in [-0.3, -0.25) is 19.3 Å². The van der Waals surface area contributed by atoms with E-state index in [1.165, 1.54) is 23.1 Å². The van der Waals surface area contributed by atoms with Crippen molar-refractivity contribution in [3.63, 3.8) is 0 Å². The molecule has 0 aliphatic carbocycles. The third-order valence-electron chi connectivity index (χ3n) is 5.81. The molecule has 10 heteroatoms. The summed E-state index contributed by atoms with van der Waals surface area (Å²) in [5, 5.41) is 2.85. The van der Waals surface area contributed by atoms with Gasteiger partial charge in [0.1, 0.15) is 17.5 Å². The summed E-state index contributed by atoms with van der Waals surface area (Å²) >= 11 is 0. The van der Waals surface area contributed by atoms with Crippen LogP contribution in [-0.2, 0) is 9.59 Å². The molecule has 1 aliphatic heterocycles. The SMILES string of the molecule is CCN(CC)CCNC(=O)[C@@H](C)N1C(=O)COc2ccc(C(=O)COc3ccc(F)c(F)c3)cc21.